The van der Waals surface area contributed by atoms with Crippen LogP contribution in [0.4, 0.5) is 5.69 Å². The van der Waals surface area contributed by atoms with E-state index in [4.69, 9.17) is 17.0 Å². The van der Waals surface area contributed by atoms with Crippen LogP contribution >= 0.6 is 12.2 Å². The second-order valence-corrected chi connectivity index (χ2v) is 5.31. The van der Waals surface area contributed by atoms with Crippen LogP contribution in [0.15, 0.2) is 29.4 Å². The third-order valence-corrected chi connectivity index (χ3v) is 2.93. The van der Waals surface area contributed by atoms with E-state index in [0.29, 0.717) is 11.7 Å². The summed E-state index contributed by atoms with van der Waals surface area (Å²) < 4.78 is 5.02. The van der Waals surface area contributed by atoms with Crippen LogP contribution in [0.25, 0.3) is 0 Å². The van der Waals surface area contributed by atoms with Gasteiger partial charge >= 0.3 is 0 Å². The first-order chi connectivity index (χ1) is 10.4. The Hall–Kier alpha value is -1.99. The average Bonchev–Trinajstić information content (AvgIpc) is 2.44. The number of carbonyl (C=O) groups excluding carboxylic acids is 1. The molecule has 0 bridgehead atoms. The molecule has 1 atom stereocenters. The number of methoxy groups -OCH3 is 1. The summed E-state index contributed by atoms with van der Waals surface area (Å²) in [6, 6.07) is 7.55. The van der Waals surface area contributed by atoms with Gasteiger partial charge in [0.25, 0.3) is 0 Å². The minimum absolute atomic E-state index is 0.101. The number of hydrogen-bond acceptors (Lipinski definition) is 4. The SMILES string of the molecule is COC[C@H](C)NC(=S)N/N=C(/C)c1cccc(NC(C)=O)c1. The second kappa shape index (κ2) is 9.11. The number of hydrogen-bond donors (Lipinski definition) is 3. The van der Waals surface area contributed by atoms with Gasteiger partial charge in [0.05, 0.1) is 12.3 Å². The molecule has 1 aromatic carbocycles. The van der Waals surface area contributed by atoms with Crippen molar-refractivity contribution in [2.75, 3.05) is 19.0 Å². The summed E-state index contributed by atoms with van der Waals surface area (Å²) in [6.45, 7) is 5.86. The number of thiocarbonyl (C=S) groups is 1. The Bertz CT molecular complexity index is 560. The van der Waals surface area contributed by atoms with E-state index >= 15 is 0 Å². The van der Waals surface area contributed by atoms with Crippen LogP contribution in [0.1, 0.15) is 26.3 Å². The maximum absolute atomic E-state index is 11.1. The van der Waals surface area contributed by atoms with E-state index in [9.17, 15) is 4.79 Å². The lowest BCUT2D eigenvalue weighted by Crippen LogP contribution is -2.40. The fraction of sp³-hybridized carbons (Fsp3) is 0.400. The van der Waals surface area contributed by atoms with Crippen LogP contribution in [0, 0.1) is 0 Å². The molecule has 0 aliphatic heterocycles. The van der Waals surface area contributed by atoms with Crippen molar-refractivity contribution in [3.05, 3.63) is 29.8 Å². The highest BCUT2D eigenvalue weighted by atomic mass is 32.1. The molecule has 0 saturated heterocycles. The topological polar surface area (TPSA) is 74.8 Å². The number of rotatable bonds is 6. The number of nitrogens with one attached hydrogen (secondary N) is 3. The van der Waals surface area contributed by atoms with Crippen molar-refractivity contribution in [1.29, 1.82) is 0 Å². The first kappa shape index (κ1) is 18.1. The lowest BCUT2D eigenvalue weighted by molar-refractivity contribution is -0.114. The summed E-state index contributed by atoms with van der Waals surface area (Å²) in [7, 11) is 1.64. The summed E-state index contributed by atoms with van der Waals surface area (Å²) in [5.41, 5.74) is 5.18. The van der Waals surface area contributed by atoms with E-state index in [2.05, 4.69) is 21.2 Å². The van der Waals surface area contributed by atoms with Gasteiger partial charge in [-0.15, -0.1) is 0 Å². The number of anilines is 1. The molecule has 0 saturated carbocycles. The molecule has 0 unspecified atom stereocenters. The molecule has 0 aliphatic rings. The number of benzene rings is 1. The third-order valence-electron chi connectivity index (χ3n) is 2.72. The summed E-state index contributed by atoms with van der Waals surface area (Å²) in [5, 5.41) is 10.5. The van der Waals surface area contributed by atoms with Gasteiger partial charge in [0.15, 0.2) is 5.11 Å². The predicted molar refractivity (Wildman–Crippen MR) is 93.2 cm³/mol. The van der Waals surface area contributed by atoms with Crippen LogP contribution in [-0.2, 0) is 9.53 Å². The molecule has 0 radical (unpaired) electrons. The van der Waals surface area contributed by atoms with Gasteiger partial charge in [0, 0.05) is 25.8 Å². The first-order valence-electron chi connectivity index (χ1n) is 6.90. The van der Waals surface area contributed by atoms with Crippen LogP contribution in [0.3, 0.4) is 0 Å². The number of hydrazone groups is 1. The van der Waals surface area contributed by atoms with E-state index in [1.807, 2.05) is 38.1 Å². The van der Waals surface area contributed by atoms with Crippen LogP contribution < -0.4 is 16.1 Å². The molecule has 6 nitrogen and oxygen atoms in total. The second-order valence-electron chi connectivity index (χ2n) is 4.90. The monoisotopic (exact) mass is 322 g/mol. The summed E-state index contributed by atoms with van der Waals surface area (Å²) in [6.07, 6.45) is 0. The molecular weight excluding hydrogens is 300 g/mol. The van der Waals surface area contributed by atoms with E-state index in [1.54, 1.807) is 7.11 Å². The quantitative estimate of drug-likeness (QED) is 0.423. The molecule has 1 rings (SSSR count). The normalized spacial score (nSPS) is 12.5. The van der Waals surface area contributed by atoms with E-state index in [-0.39, 0.29) is 11.9 Å². The zero-order chi connectivity index (χ0) is 16.5. The number of nitrogens with zero attached hydrogens (tertiary/aromatic N) is 1. The molecule has 0 fully saturated rings. The Morgan fingerprint density at radius 3 is 2.77 bits per heavy atom. The van der Waals surface area contributed by atoms with Crippen molar-refractivity contribution >= 4 is 34.6 Å². The highest BCUT2D eigenvalue weighted by Gasteiger charge is 2.04. The molecule has 3 N–H and O–H groups in total. The number of carbonyl (C=O) groups is 1. The zero-order valence-electron chi connectivity index (χ0n) is 13.3. The molecule has 22 heavy (non-hydrogen) atoms. The van der Waals surface area contributed by atoms with Crippen molar-refractivity contribution in [1.82, 2.24) is 10.7 Å². The molecule has 0 heterocycles. The van der Waals surface area contributed by atoms with Crippen LogP contribution in [0.2, 0.25) is 0 Å². The minimum Gasteiger partial charge on any atom is -0.383 e. The van der Waals surface area contributed by atoms with Gasteiger partial charge in [-0.2, -0.15) is 5.10 Å². The zero-order valence-corrected chi connectivity index (χ0v) is 14.1. The molecule has 7 heteroatoms. The maximum atomic E-state index is 11.1. The van der Waals surface area contributed by atoms with Gasteiger partial charge in [0.1, 0.15) is 0 Å². The molecule has 0 aromatic heterocycles. The maximum Gasteiger partial charge on any atom is 0.221 e. The van der Waals surface area contributed by atoms with Crippen molar-refractivity contribution in [3.8, 4) is 0 Å². The molecular formula is C15H22N4O2S. The van der Waals surface area contributed by atoms with Gasteiger partial charge in [-0.3, -0.25) is 10.2 Å². The van der Waals surface area contributed by atoms with Gasteiger partial charge in [0.2, 0.25) is 5.91 Å². The summed E-state index contributed by atoms with van der Waals surface area (Å²) in [4.78, 5) is 11.1. The largest absolute Gasteiger partial charge is 0.383 e. The fourth-order valence-electron chi connectivity index (χ4n) is 1.77. The molecule has 0 aliphatic carbocycles. The van der Waals surface area contributed by atoms with Crippen LogP contribution in [-0.4, -0.2) is 36.5 Å². The van der Waals surface area contributed by atoms with Gasteiger partial charge in [-0.25, -0.2) is 0 Å². The minimum atomic E-state index is -0.109. The van der Waals surface area contributed by atoms with Crippen molar-refractivity contribution < 1.29 is 9.53 Å². The number of amides is 1. The Morgan fingerprint density at radius 1 is 1.41 bits per heavy atom. The highest BCUT2D eigenvalue weighted by molar-refractivity contribution is 7.80. The fourth-order valence-corrected chi connectivity index (χ4v) is 2.02. The molecule has 120 valence electrons. The predicted octanol–water partition coefficient (Wildman–Crippen LogP) is 1.87. The summed E-state index contributed by atoms with van der Waals surface area (Å²) in [5.74, 6) is -0.109. The smallest absolute Gasteiger partial charge is 0.221 e. The lowest BCUT2D eigenvalue weighted by Gasteiger charge is -2.14. The molecule has 0 spiro atoms. The highest BCUT2D eigenvalue weighted by Crippen LogP contribution is 2.11. The first-order valence-corrected chi connectivity index (χ1v) is 7.31. The Labute approximate surface area is 136 Å². The Kier molecular flexibility index (Phi) is 7.48. The van der Waals surface area contributed by atoms with E-state index in [0.717, 1.165) is 17.0 Å². The van der Waals surface area contributed by atoms with E-state index < -0.39 is 0 Å². The van der Waals surface area contributed by atoms with Crippen molar-refractivity contribution in [2.45, 2.75) is 26.8 Å². The standard InChI is InChI=1S/C15H22N4O2S/c1-10(9-21-4)16-15(22)19-18-11(2)13-6-5-7-14(8-13)17-12(3)20/h5-8,10H,9H2,1-4H3,(H,17,20)(H2,16,19,22)/b18-11-/t10-/m0/s1. The lowest BCUT2D eigenvalue weighted by atomic mass is 10.1. The molecule has 1 amide bonds. The molecule has 1 aromatic rings. The third kappa shape index (κ3) is 6.64. The van der Waals surface area contributed by atoms with Gasteiger partial charge < -0.3 is 15.4 Å². The number of ether oxygens (including phenoxy) is 1. The Balaban J connectivity index is 2.64. The summed E-state index contributed by atoms with van der Waals surface area (Å²) >= 11 is 5.15. The van der Waals surface area contributed by atoms with Gasteiger partial charge in [-0.05, 0) is 43.8 Å². The van der Waals surface area contributed by atoms with Gasteiger partial charge in [-0.1, -0.05) is 12.1 Å². The van der Waals surface area contributed by atoms with Crippen molar-refractivity contribution in [2.24, 2.45) is 5.10 Å². The van der Waals surface area contributed by atoms with Crippen molar-refractivity contribution in [3.63, 3.8) is 0 Å². The Morgan fingerprint density at radius 2 is 2.14 bits per heavy atom. The van der Waals surface area contributed by atoms with E-state index in [1.165, 1.54) is 6.92 Å². The average molecular weight is 322 g/mol. The van der Waals surface area contributed by atoms with Crippen LogP contribution in [0.5, 0.6) is 0 Å².